The summed E-state index contributed by atoms with van der Waals surface area (Å²) in [5.41, 5.74) is 1.30. The molecular formula is C42H50N4O7Si. The normalized spacial score (nSPS) is 22.3. The summed E-state index contributed by atoms with van der Waals surface area (Å²) in [6.45, 7) is 13.2. The van der Waals surface area contributed by atoms with Crippen LogP contribution in [0.1, 0.15) is 78.5 Å². The Bertz CT molecular complexity index is 2090. The summed E-state index contributed by atoms with van der Waals surface area (Å²) in [6.07, 6.45) is 2.35. The van der Waals surface area contributed by atoms with Crippen LogP contribution in [0.3, 0.4) is 0 Å². The van der Waals surface area contributed by atoms with Gasteiger partial charge in [0.25, 0.3) is 5.88 Å². The molecule has 0 saturated heterocycles. The minimum absolute atomic E-state index is 0.0128. The van der Waals surface area contributed by atoms with Crippen LogP contribution in [0.25, 0.3) is 5.76 Å². The van der Waals surface area contributed by atoms with E-state index in [2.05, 4.69) is 31.2 Å². The van der Waals surface area contributed by atoms with Crippen LogP contribution in [-0.4, -0.2) is 61.4 Å². The highest BCUT2D eigenvalue weighted by atomic mass is 28.4. The van der Waals surface area contributed by atoms with E-state index in [-0.39, 0.29) is 41.0 Å². The van der Waals surface area contributed by atoms with Crippen molar-refractivity contribution in [1.82, 2.24) is 15.5 Å². The Morgan fingerprint density at radius 2 is 1.59 bits per heavy atom. The average Bonchev–Trinajstić information content (AvgIpc) is 3.56. The van der Waals surface area contributed by atoms with Gasteiger partial charge >= 0.3 is 0 Å². The van der Waals surface area contributed by atoms with Gasteiger partial charge in [-0.3, -0.25) is 9.59 Å². The molecule has 0 amide bonds. The van der Waals surface area contributed by atoms with Gasteiger partial charge in [0.1, 0.15) is 36.1 Å². The first-order chi connectivity index (χ1) is 25.7. The summed E-state index contributed by atoms with van der Waals surface area (Å²) in [6, 6.07) is 18.7. The number of fused-ring (bicyclic) bond motifs is 4. The van der Waals surface area contributed by atoms with Crippen LogP contribution in [0.5, 0.6) is 11.6 Å². The molecule has 2 aromatic carbocycles. The predicted octanol–water partition coefficient (Wildman–Crippen LogP) is 7.63. The number of nitrogens with zero attached hydrogens (tertiary/aromatic N) is 3. The highest BCUT2D eigenvalue weighted by Crippen LogP contribution is 2.58. The predicted molar refractivity (Wildman–Crippen MR) is 208 cm³/mol. The number of aliphatic hydroxyl groups is 1. The van der Waals surface area contributed by atoms with Crippen LogP contribution >= 0.6 is 0 Å². The molecule has 284 valence electrons. The maximum atomic E-state index is 15.7. The lowest BCUT2D eigenvalue weighted by Crippen LogP contribution is -2.68. The van der Waals surface area contributed by atoms with E-state index in [1.165, 1.54) is 0 Å². The van der Waals surface area contributed by atoms with Gasteiger partial charge in [0.2, 0.25) is 11.6 Å². The Kier molecular flexibility index (Phi) is 9.82. The zero-order chi connectivity index (χ0) is 38.6. The molecule has 4 atom stereocenters. The molecule has 3 aliphatic rings. The molecule has 0 spiro atoms. The molecule has 11 nitrogen and oxygen atoms in total. The minimum atomic E-state index is -2.88. The Hall–Kier alpha value is -4.78. The van der Waals surface area contributed by atoms with Crippen LogP contribution in [0.2, 0.25) is 18.1 Å². The topological polar surface area (TPSA) is 136 Å². The molecule has 0 radical (unpaired) electrons. The van der Waals surface area contributed by atoms with Gasteiger partial charge in [0.05, 0.1) is 17.8 Å². The van der Waals surface area contributed by atoms with Gasteiger partial charge in [-0.15, -0.1) is 0 Å². The third kappa shape index (κ3) is 6.23. The fourth-order valence-electron chi connectivity index (χ4n) is 7.94. The maximum Gasteiger partial charge on any atom is 0.265 e. The van der Waals surface area contributed by atoms with E-state index >= 15 is 9.59 Å². The second-order valence-corrected chi connectivity index (χ2v) is 21.0. The van der Waals surface area contributed by atoms with Crippen molar-refractivity contribution in [2.24, 2.45) is 11.8 Å². The van der Waals surface area contributed by atoms with Gasteiger partial charge < -0.3 is 33.7 Å². The molecule has 0 aliphatic heterocycles. The first kappa shape index (κ1) is 37.5. The van der Waals surface area contributed by atoms with Crippen molar-refractivity contribution in [3.63, 3.8) is 0 Å². The standard InChI is InChI=1S/C42H50N4O7Si/c1-9-43-34-29-21-27-20-28-32(30(22-44-39(28)46(5)6)50-23-25-16-12-10-13-17-25)35(47)31(27)37(48)42(29,53-54(7,8)41(2,3)4)38(49)33-36(34)52-45-40(33)51-24-26-18-14-11-15-19-26/h10-19,22,27,29,34,43,47H,9,20-21,23-24H2,1-8H3/t27-,29-,34-,42?/m0/s1. The van der Waals surface area contributed by atoms with Gasteiger partial charge in [0.15, 0.2) is 19.7 Å². The van der Waals surface area contributed by atoms with E-state index in [0.717, 1.165) is 16.7 Å². The lowest BCUT2D eigenvalue weighted by molar-refractivity contribution is -0.138. The highest BCUT2D eigenvalue weighted by molar-refractivity contribution is 6.74. The number of anilines is 1. The van der Waals surface area contributed by atoms with Crippen LogP contribution in [0, 0.1) is 11.8 Å². The number of aliphatic hydroxyl groups excluding tert-OH is 1. The summed E-state index contributed by atoms with van der Waals surface area (Å²) >= 11 is 0. The third-order valence-electron chi connectivity index (χ3n) is 11.6. The SMILES string of the molecule is CCN[C@@H]1c2onc(OCc3ccccc3)c2C(=O)C2(O[Si](C)(C)C(C)(C)C)C(=O)C3=C(O)c4c(OCc5ccccc5)cnc(N(C)C)c4C[C@H]3C[C@@H]12. The number of carbonyl (C=O) groups is 2. The largest absolute Gasteiger partial charge is 0.507 e. The summed E-state index contributed by atoms with van der Waals surface area (Å²) < 4.78 is 25.7. The second kappa shape index (κ2) is 14.1. The quantitative estimate of drug-likeness (QED) is 0.116. The van der Waals surface area contributed by atoms with E-state index in [9.17, 15) is 5.11 Å². The molecule has 3 aliphatic carbocycles. The van der Waals surface area contributed by atoms with E-state index in [4.69, 9.17) is 23.4 Å². The number of Topliss-reactive ketones (excluding diaryl/α,β-unsaturated/α-hetero) is 2. The van der Waals surface area contributed by atoms with Crippen LogP contribution in [0.15, 0.2) is 77.0 Å². The summed E-state index contributed by atoms with van der Waals surface area (Å²) in [4.78, 5) is 37.8. The Labute approximate surface area is 317 Å². The Morgan fingerprint density at radius 1 is 0.963 bits per heavy atom. The zero-order valence-electron chi connectivity index (χ0n) is 32.4. The summed E-state index contributed by atoms with van der Waals surface area (Å²) in [5.74, 6) is -1.04. The molecule has 4 aromatic rings. The number of hydrogen-bond donors (Lipinski definition) is 2. The van der Waals surface area contributed by atoms with Crippen molar-refractivity contribution in [2.45, 2.75) is 83.5 Å². The Morgan fingerprint density at radius 3 is 2.19 bits per heavy atom. The fourth-order valence-corrected chi connectivity index (χ4v) is 9.39. The fraction of sp³-hybridized carbons (Fsp3) is 0.429. The molecule has 1 saturated carbocycles. The lowest BCUT2D eigenvalue weighted by atomic mass is 9.57. The van der Waals surface area contributed by atoms with Crippen LogP contribution in [0.4, 0.5) is 5.82 Å². The molecule has 7 rings (SSSR count). The van der Waals surface area contributed by atoms with Gasteiger partial charge in [0, 0.05) is 31.1 Å². The molecule has 54 heavy (non-hydrogen) atoms. The van der Waals surface area contributed by atoms with E-state index in [0.29, 0.717) is 42.3 Å². The van der Waals surface area contributed by atoms with Crippen molar-refractivity contribution < 1.29 is 33.1 Å². The Balaban J connectivity index is 1.40. The number of hydrogen-bond acceptors (Lipinski definition) is 11. The maximum absolute atomic E-state index is 15.7. The van der Waals surface area contributed by atoms with Gasteiger partial charge in [-0.05, 0) is 59.7 Å². The number of carbonyl (C=O) groups excluding carboxylic acids is 2. The molecule has 2 aromatic heterocycles. The minimum Gasteiger partial charge on any atom is -0.507 e. The molecular weight excluding hydrogens is 701 g/mol. The molecule has 2 N–H and O–H groups in total. The van der Waals surface area contributed by atoms with Gasteiger partial charge in [-0.1, -0.05) is 88.4 Å². The molecule has 12 heteroatoms. The van der Waals surface area contributed by atoms with Gasteiger partial charge in [-0.25, -0.2) is 4.98 Å². The molecule has 1 fully saturated rings. The monoisotopic (exact) mass is 750 g/mol. The average molecular weight is 751 g/mol. The smallest absolute Gasteiger partial charge is 0.265 e. The van der Waals surface area contributed by atoms with Crippen molar-refractivity contribution in [3.05, 3.63) is 106 Å². The van der Waals surface area contributed by atoms with E-state index in [1.807, 2.05) is 99.7 Å². The number of benzene rings is 2. The molecule has 1 unspecified atom stereocenters. The van der Waals surface area contributed by atoms with Crippen LogP contribution in [-0.2, 0) is 28.9 Å². The van der Waals surface area contributed by atoms with Crippen LogP contribution < -0.4 is 19.7 Å². The third-order valence-corrected chi connectivity index (χ3v) is 16.0. The van der Waals surface area contributed by atoms with Crippen molar-refractivity contribution >= 4 is 31.5 Å². The highest BCUT2D eigenvalue weighted by Gasteiger charge is 2.68. The molecule has 2 heterocycles. The lowest BCUT2D eigenvalue weighted by Gasteiger charge is -2.54. The number of pyridine rings is 1. The van der Waals surface area contributed by atoms with Gasteiger partial charge in [-0.2, -0.15) is 0 Å². The van der Waals surface area contributed by atoms with E-state index in [1.54, 1.807) is 6.20 Å². The number of rotatable bonds is 11. The van der Waals surface area contributed by atoms with Crippen molar-refractivity contribution in [2.75, 3.05) is 25.5 Å². The summed E-state index contributed by atoms with van der Waals surface area (Å²) in [5, 5.41) is 19.9. The second-order valence-electron chi connectivity index (χ2n) is 16.3. The number of ether oxygens (including phenoxy) is 2. The number of ketones is 2. The zero-order valence-corrected chi connectivity index (χ0v) is 33.4. The first-order valence-electron chi connectivity index (χ1n) is 18.7. The van der Waals surface area contributed by atoms with E-state index < -0.39 is 43.4 Å². The first-order valence-corrected chi connectivity index (χ1v) is 21.6. The van der Waals surface area contributed by atoms with Crippen molar-refractivity contribution in [1.29, 1.82) is 0 Å². The summed E-state index contributed by atoms with van der Waals surface area (Å²) in [7, 11) is 0.923. The van der Waals surface area contributed by atoms with Crippen molar-refractivity contribution in [3.8, 4) is 11.6 Å². The number of nitrogens with one attached hydrogen (secondary N) is 1. The number of aromatic nitrogens is 2. The molecule has 0 bridgehead atoms.